The third kappa shape index (κ3) is 1.73. The summed E-state index contributed by atoms with van der Waals surface area (Å²) in [5.74, 6) is -1.17. The molecule has 2 nitrogen and oxygen atoms in total. The van der Waals surface area contributed by atoms with Crippen molar-refractivity contribution < 1.29 is 22.3 Å². The van der Waals surface area contributed by atoms with Crippen LogP contribution < -0.4 is 10.5 Å². The van der Waals surface area contributed by atoms with E-state index in [1.807, 2.05) is 0 Å². The lowest BCUT2D eigenvalue weighted by Gasteiger charge is -2.26. The fourth-order valence-electron chi connectivity index (χ4n) is 1.77. The van der Waals surface area contributed by atoms with Gasteiger partial charge in [-0.05, 0) is 12.1 Å². The molecule has 2 N–H and O–H groups in total. The van der Waals surface area contributed by atoms with Gasteiger partial charge in [-0.2, -0.15) is 13.2 Å². The van der Waals surface area contributed by atoms with Gasteiger partial charge in [-0.3, -0.25) is 0 Å². The zero-order valence-electron chi connectivity index (χ0n) is 8.14. The van der Waals surface area contributed by atoms with Crippen LogP contribution in [0.25, 0.3) is 0 Å². The summed E-state index contributed by atoms with van der Waals surface area (Å²) >= 11 is 0. The van der Waals surface area contributed by atoms with E-state index in [0.717, 1.165) is 6.07 Å². The Morgan fingerprint density at radius 3 is 2.62 bits per heavy atom. The van der Waals surface area contributed by atoms with Crippen LogP contribution in [-0.2, 0) is 6.18 Å². The molecule has 88 valence electrons. The third-order valence-corrected chi connectivity index (χ3v) is 2.50. The highest BCUT2D eigenvalue weighted by Crippen LogP contribution is 2.42. The molecular weight excluding hydrogens is 226 g/mol. The molecule has 6 heteroatoms. The van der Waals surface area contributed by atoms with Crippen LogP contribution in [0, 0.1) is 5.82 Å². The van der Waals surface area contributed by atoms with E-state index >= 15 is 0 Å². The van der Waals surface area contributed by atoms with Gasteiger partial charge in [0.1, 0.15) is 0 Å². The Morgan fingerprint density at radius 1 is 1.31 bits per heavy atom. The molecule has 0 bridgehead atoms. The largest absolute Gasteiger partial charge is 0.490 e. The topological polar surface area (TPSA) is 35.2 Å². The Balaban J connectivity index is 2.64. The van der Waals surface area contributed by atoms with Crippen LogP contribution in [0.1, 0.15) is 23.6 Å². The lowest BCUT2D eigenvalue weighted by atomic mass is 9.95. The summed E-state index contributed by atoms with van der Waals surface area (Å²) in [6.45, 7) is 0.131. The molecule has 0 unspecified atom stereocenters. The SMILES string of the molecule is N[C@@H]1CCOc2c(F)ccc(C(F)(F)F)c21. The molecule has 0 amide bonds. The highest BCUT2D eigenvalue weighted by atomic mass is 19.4. The second kappa shape index (κ2) is 3.62. The minimum absolute atomic E-state index is 0.131. The number of ether oxygens (including phenoxy) is 1. The molecule has 16 heavy (non-hydrogen) atoms. The first-order valence-electron chi connectivity index (χ1n) is 4.69. The second-order valence-electron chi connectivity index (χ2n) is 3.58. The lowest BCUT2D eigenvalue weighted by Crippen LogP contribution is -2.25. The van der Waals surface area contributed by atoms with Crippen LogP contribution in [0.4, 0.5) is 17.6 Å². The second-order valence-corrected chi connectivity index (χ2v) is 3.58. The number of fused-ring (bicyclic) bond motifs is 1. The van der Waals surface area contributed by atoms with Gasteiger partial charge in [0.25, 0.3) is 0 Å². The normalized spacial score (nSPS) is 20.2. The first-order chi connectivity index (χ1) is 7.41. The van der Waals surface area contributed by atoms with E-state index in [4.69, 9.17) is 10.5 Å². The van der Waals surface area contributed by atoms with E-state index < -0.39 is 23.6 Å². The first-order valence-corrected chi connectivity index (χ1v) is 4.69. The zero-order valence-corrected chi connectivity index (χ0v) is 8.14. The van der Waals surface area contributed by atoms with Crippen LogP contribution in [-0.4, -0.2) is 6.61 Å². The predicted octanol–water partition coefficient (Wildman–Crippen LogP) is 2.63. The van der Waals surface area contributed by atoms with Crippen LogP contribution in [0.5, 0.6) is 5.75 Å². The molecule has 0 fully saturated rings. The van der Waals surface area contributed by atoms with Gasteiger partial charge in [-0.15, -0.1) is 0 Å². The number of rotatable bonds is 0. The average molecular weight is 235 g/mol. The van der Waals surface area contributed by atoms with E-state index in [1.54, 1.807) is 0 Å². The summed E-state index contributed by atoms with van der Waals surface area (Å²) in [6, 6.07) is 0.610. The molecule has 0 spiro atoms. The van der Waals surface area contributed by atoms with E-state index in [-0.39, 0.29) is 24.3 Å². The molecule has 1 aliphatic rings. The Bertz CT molecular complexity index is 416. The standard InChI is InChI=1S/C10H9F4NO/c11-6-2-1-5(10(12,13)14)8-7(15)3-4-16-9(6)8/h1-2,7H,3-4,15H2/t7-/m1/s1. The molecule has 1 aromatic rings. The van der Waals surface area contributed by atoms with Gasteiger partial charge in [0.05, 0.1) is 12.2 Å². The number of halogens is 4. The molecule has 0 radical (unpaired) electrons. The maximum Gasteiger partial charge on any atom is 0.416 e. The van der Waals surface area contributed by atoms with E-state index in [1.165, 1.54) is 0 Å². The fourth-order valence-corrected chi connectivity index (χ4v) is 1.77. The van der Waals surface area contributed by atoms with Crippen LogP contribution in [0.15, 0.2) is 12.1 Å². The lowest BCUT2D eigenvalue weighted by molar-refractivity contribution is -0.138. The van der Waals surface area contributed by atoms with Crippen LogP contribution in [0.2, 0.25) is 0 Å². The third-order valence-electron chi connectivity index (χ3n) is 2.50. The smallest absolute Gasteiger partial charge is 0.416 e. The summed E-state index contributed by atoms with van der Waals surface area (Å²) in [5, 5.41) is 0. The number of hydrogen-bond donors (Lipinski definition) is 1. The predicted molar refractivity (Wildman–Crippen MR) is 48.4 cm³/mol. The van der Waals surface area contributed by atoms with E-state index in [9.17, 15) is 17.6 Å². The van der Waals surface area contributed by atoms with Crippen molar-refractivity contribution in [3.8, 4) is 5.75 Å². The van der Waals surface area contributed by atoms with Crippen LogP contribution in [0.3, 0.4) is 0 Å². The Morgan fingerprint density at radius 2 is 2.00 bits per heavy atom. The highest BCUT2D eigenvalue weighted by Gasteiger charge is 2.38. The Labute approximate surface area is 89.0 Å². The van der Waals surface area contributed by atoms with Gasteiger partial charge in [-0.25, -0.2) is 4.39 Å². The maximum atomic E-state index is 13.3. The first kappa shape index (κ1) is 11.2. The van der Waals surface area contributed by atoms with E-state index in [2.05, 4.69) is 0 Å². The van der Waals surface area contributed by atoms with Crippen molar-refractivity contribution in [3.05, 3.63) is 29.1 Å². The van der Waals surface area contributed by atoms with E-state index in [0.29, 0.717) is 6.07 Å². The number of nitrogens with two attached hydrogens (primary N) is 1. The van der Waals surface area contributed by atoms with Crippen molar-refractivity contribution in [1.82, 2.24) is 0 Å². The van der Waals surface area contributed by atoms with Crippen molar-refractivity contribution in [3.63, 3.8) is 0 Å². The molecule has 1 atom stereocenters. The maximum absolute atomic E-state index is 13.3. The Kier molecular flexibility index (Phi) is 2.53. The van der Waals surface area contributed by atoms with Crippen molar-refractivity contribution in [2.24, 2.45) is 5.73 Å². The quantitative estimate of drug-likeness (QED) is 0.701. The molecule has 0 saturated heterocycles. The molecule has 2 rings (SSSR count). The summed E-state index contributed by atoms with van der Waals surface area (Å²) < 4.78 is 56.1. The van der Waals surface area contributed by atoms with Gasteiger partial charge < -0.3 is 10.5 Å². The molecule has 1 heterocycles. The summed E-state index contributed by atoms with van der Waals surface area (Å²) in [6.07, 6.45) is -4.30. The van der Waals surface area contributed by atoms with Crippen molar-refractivity contribution >= 4 is 0 Å². The fraction of sp³-hybridized carbons (Fsp3) is 0.400. The molecule has 1 aliphatic heterocycles. The molecular formula is C10H9F4NO. The van der Waals surface area contributed by atoms with Crippen molar-refractivity contribution in [2.45, 2.75) is 18.6 Å². The van der Waals surface area contributed by atoms with Gasteiger partial charge in [0.15, 0.2) is 11.6 Å². The van der Waals surface area contributed by atoms with Crippen molar-refractivity contribution in [1.29, 1.82) is 0 Å². The number of benzene rings is 1. The summed E-state index contributed by atoms with van der Waals surface area (Å²) in [5.41, 5.74) is 4.37. The van der Waals surface area contributed by atoms with Gasteiger partial charge in [-0.1, -0.05) is 0 Å². The minimum atomic E-state index is -4.55. The summed E-state index contributed by atoms with van der Waals surface area (Å²) in [4.78, 5) is 0. The molecule has 0 aromatic heterocycles. The van der Waals surface area contributed by atoms with Crippen LogP contribution >= 0.6 is 0 Å². The van der Waals surface area contributed by atoms with Crippen molar-refractivity contribution in [2.75, 3.05) is 6.61 Å². The van der Waals surface area contributed by atoms with Gasteiger partial charge in [0, 0.05) is 18.0 Å². The minimum Gasteiger partial charge on any atom is -0.490 e. The molecule has 1 aromatic carbocycles. The highest BCUT2D eigenvalue weighted by molar-refractivity contribution is 5.46. The average Bonchev–Trinajstić information content (AvgIpc) is 2.18. The zero-order chi connectivity index (χ0) is 11.9. The van der Waals surface area contributed by atoms with Gasteiger partial charge >= 0.3 is 6.18 Å². The molecule has 0 saturated carbocycles. The molecule has 0 aliphatic carbocycles. The summed E-state index contributed by atoms with van der Waals surface area (Å²) in [7, 11) is 0. The number of hydrogen-bond acceptors (Lipinski definition) is 2. The monoisotopic (exact) mass is 235 g/mol. The number of alkyl halides is 3. The van der Waals surface area contributed by atoms with Gasteiger partial charge in [0.2, 0.25) is 0 Å². The Hall–Kier alpha value is -1.30.